The van der Waals surface area contributed by atoms with Crippen molar-refractivity contribution in [1.29, 1.82) is 0 Å². The third-order valence-corrected chi connectivity index (χ3v) is 6.06. The number of hydrogen-bond donors (Lipinski definition) is 1. The van der Waals surface area contributed by atoms with Crippen molar-refractivity contribution in [2.45, 2.75) is 44.5 Å². The Balaban J connectivity index is 1.49. The molecule has 2 fully saturated rings. The first-order valence-corrected chi connectivity index (χ1v) is 11.1. The number of para-hydroxylation sites is 1. The van der Waals surface area contributed by atoms with E-state index >= 15 is 0 Å². The summed E-state index contributed by atoms with van der Waals surface area (Å²) < 4.78 is 12.7. The first-order valence-electron chi connectivity index (χ1n) is 11.1. The van der Waals surface area contributed by atoms with E-state index < -0.39 is 6.10 Å². The van der Waals surface area contributed by atoms with E-state index in [-0.39, 0.29) is 12.0 Å². The Bertz CT molecular complexity index is 917. The number of carbonyl (C=O) groups excluding carboxylic acids is 2. The van der Waals surface area contributed by atoms with Gasteiger partial charge in [-0.25, -0.2) is 4.79 Å². The molecule has 8 heteroatoms. The van der Waals surface area contributed by atoms with E-state index in [2.05, 4.69) is 28.2 Å². The van der Waals surface area contributed by atoms with Gasteiger partial charge >= 0.3 is 6.09 Å². The van der Waals surface area contributed by atoms with Crippen molar-refractivity contribution in [3.8, 4) is 0 Å². The van der Waals surface area contributed by atoms with Crippen molar-refractivity contribution in [2.24, 2.45) is 0 Å². The van der Waals surface area contributed by atoms with Gasteiger partial charge in [-0.15, -0.1) is 0 Å². The van der Waals surface area contributed by atoms with Crippen LogP contribution in [0.1, 0.15) is 24.8 Å². The fraction of sp³-hybridized carbons (Fsp3) is 0.565. The van der Waals surface area contributed by atoms with Crippen LogP contribution < -0.4 is 5.32 Å². The Morgan fingerprint density at radius 2 is 2.10 bits per heavy atom. The summed E-state index contributed by atoms with van der Waals surface area (Å²) in [5.41, 5.74) is 2.30. The molecule has 1 atom stereocenters. The SMILES string of the molecule is COC(=O)N(C)CCCn1cc(CN(C(=O)[C@H]2CNCCO2)C2CC2)c2ccccc21. The van der Waals surface area contributed by atoms with Crippen molar-refractivity contribution >= 4 is 22.9 Å². The van der Waals surface area contributed by atoms with Crippen molar-refractivity contribution in [3.05, 3.63) is 36.0 Å². The highest BCUT2D eigenvalue weighted by Gasteiger charge is 2.37. The van der Waals surface area contributed by atoms with Crippen molar-refractivity contribution < 1.29 is 19.1 Å². The van der Waals surface area contributed by atoms with Gasteiger partial charge in [-0.3, -0.25) is 4.79 Å². The number of amides is 2. The molecule has 31 heavy (non-hydrogen) atoms. The summed E-state index contributed by atoms with van der Waals surface area (Å²) in [7, 11) is 3.14. The molecule has 2 aliphatic rings. The number of methoxy groups -OCH3 is 1. The van der Waals surface area contributed by atoms with Crippen LogP contribution in [0.15, 0.2) is 30.5 Å². The van der Waals surface area contributed by atoms with Crippen LogP contribution in [0.3, 0.4) is 0 Å². The summed E-state index contributed by atoms with van der Waals surface area (Å²) >= 11 is 0. The van der Waals surface area contributed by atoms with E-state index in [1.165, 1.54) is 12.5 Å². The van der Waals surface area contributed by atoms with Crippen LogP contribution in [-0.2, 0) is 27.4 Å². The largest absolute Gasteiger partial charge is 0.453 e. The maximum Gasteiger partial charge on any atom is 0.409 e. The highest BCUT2D eigenvalue weighted by atomic mass is 16.5. The van der Waals surface area contributed by atoms with E-state index in [0.29, 0.717) is 32.3 Å². The van der Waals surface area contributed by atoms with E-state index in [4.69, 9.17) is 9.47 Å². The lowest BCUT2D eigenvalue weighted by Crippen LogP contribution is -2.49. The number of nitrogens with one attached hydrogen (secondary N) is 1. The van der Waals surface area contributed by atoms with Gasteiger partial charge in [-0.05, 0) is 30.9 Å². The van der Waals surface area contributed by atoms with Crippen LogP contribution in [0.4, 0.5) is 4.79 Å². The Labute approximate surface area is 183 Å². The molecule has 1 aliphatic carbocycles. The van der Waals surface area contributed by atoms with E-state index in [1.54, 1.807) is 11.9 Å². The number of benzene rings is 1. The van der Waals surface area contributed by atoms with Gasteiger partial charge in [0, 0.05) is 62.9 Å². The molecule has 1 aromatic carbocycles. The maximum atomic E-state index is 13.2. The third-order valence-electron chi connectivity index (χ3n) is 6.06. The number of ether oxygens (including phenoxy) is 2. The molecule has 1 aliphatic heterocycles. The van der Waals surface area contributed by atoms with Gasteiger partial charge < -0.3 is 29.2 Å². The third kappa shape index (κ3) is 5.02. The zero-order valence-electron chi connectivity index (χ0n) is 18.4. The molecule has 0 unspecified atom stereocenters. The highest BCUT2D eigenvalue weighted by molar-refractivity contribution is 5.86. The molecule has 2 amide bonds. The molecule has 8 nitrogen and oxygen atoms in total. The van der Waals surface area contributed by atoms with Gasteiger partial charge in [0.25, 0.3) is 5.91 Å². The molecule has 0 radical (unpaired) electrons. The number of fused-ring (bicyclic) bond motifs is 1. The first-order chi connectivity index (χ1) is 15.1. The standard InChI is InChI=1S/C23H32N4O4/c1-25(23(29)30-2)11-5-12-26-15-17(19-6-3-4-7-20(19)26)16-27(18-8-9-18)22(28)21-14-24-10-13-31-21/h3-4,6-7,15,18,21,24H,5,8-14,16H2,1-2H3/t21-/m1/s1. The van der Waals surface area contributed by atoms with Gasteiger partial charge in [0.1, 0.15) is 6.10 Å². The Hall–Kier alpha value is -2.58. The van der Waals surface area contributed by atoms with Crippen LogP contribution in [0.5, 0.6) is 0 Å². The fourth-order valence-corrected chi connectivity index (χ4v) is 4.22. The van der Waals surface area contributed by atoms with Crippen molar-refractivity contribution in [3.63, 3.8) is 0 Å². The molecule has 0 spiro atoms. The Morgan fingerprint density at radius 3 is 2.81 bits per heavy atom. The number of morpholine rings is 1. The molecule has 168 valence electrons. The van der Waals surface area contributed by atoms with Gasteiger partial charge in [0.2, 0.25) is 0 Å². The normalized spacial score (nSPS) is 18.7. The van der Waals surface area contributed by atoms with Gasteiger partial charge in [-0.2, -0.15) is 0 Å². The lowest BCUT2D eigenvalue weighted by Gasteiger charge is -2.30. The van der Waals surface area contributed by atoms with Gasteiger partial charge in [0.15, 0.2) is 0 Å². The second-order valence-corrected chi connectivity index (χ2v) is 8.37. The molecule has 2 aromatic rings. The lowest BCUT2D eigenvalue weighted by molar-refractivity contribution is -0.146. The van der Waals surface area contributed by atoms with E-state index in [9.17, 15) is 9.59 Å². The number of nitrogens with zero attached hydrogens (tertiary/aromatic N) is 3. The summed E-state index contributed by atoms with van der Waals surface area (Å²) in [5, 5.41) is 4.43. The number of aryl methyl sites for hydroxylation is 1. The molecular weight excluding hydrogens is 396 g/mol. The maximum absolute atomic E-state index is 13.2. The van der Waals surface area contributed by atoms with E-state index in [0.717, 1.165) is 43.4 Å². The Morgan fingerprint density at radius 1 is 1.29 bits per heavy atom. The average molecular weight is 429 g/mol. The number of hydrogen-bond acceptors (Lipinski definition) is 5. The minimum atomic E-state index is -0.392. The second kappa shape index (κ2) is 9.70. The summed E-state index contributed by atoms with van der Waals surface area (Å²) in [6.07, 6.45) is 4.38. The average Bonchev–Trinajstić information content (AvgIpc) is 3.60. The van der Waals surface area contributed by atoms with Gasteiger partial charge in [-0.1, -0.05) is 18.2 Å². The van der Waals surface area contributed by atoms with Gasteiger partial charge in [0.05, 0.1) is 13.7 Å². The number of rotatable bonds is 8. The molecule has 1 saturated carbocycles. The highest BCUT2D eigenvalue weighted by Crippen LogP contribution is 2.31. The van der Waals surface area contributed by atoms with Crippen LogP contribution in [0.2, 0.25) is 0 Å². The minimum absolute atomic E-state index is 0.0891. The van der Waals surface area contributed by atoms with Crippen LogP contribution in [0.25, 0.3) is 10.9 Å². The zero-order valence-corrected chi connectivity index (χ0v) is 18.4. The van der Waals surface area contributed by atoms with Crippen LogP contribution >= 0.6 is 0 Å². The smallest absolute Gasteiger partial charge is 0.409 e. The summed E-state index contributed by atoms with van der Waals surface area (Å²) in [4.78, 5) is 28.4. The monoisotopic (exact) mass is 428 g/mol. The molecular formula is C23H32N4O4. The fourth-order valence-electron chi connectivity index (χ4n) is 4.22. The lowest BCUT2D eigenvalue weighted by atomic mass is 10.1. The van der Waals surface area contributed by atoms with Crippen molar-refractivity contribution in [2.75, 3.05) is 40.4 Å². The molecule has 0 bridgehead atoms. The predicted molar refractivity (Wildman–Crippen MR) is 118 cm³/mol. The topological polar surface area (TPSA) is 76.0 Å². The minimum Gasteiger partial charge on any atom is -0.453 e. The summed E-state index contributed by atoms with van der Waals surface area (Å²) in [6.45, 7) is 3.96. The van der Waals surface area contributed by atoms with Crippen molar-refractivity contribution in [1.82, 2.24) is 19.7 Å². The quantitative estimate of drug-likeness (QED) is 0.698. The van der Waals surface area contributed by atoms with Crippen LogP contribution in [0, 0.1) is 0 Å². The molecule has 1 N–H and O–H groups in total. The second-order valence-electron chi connectivity index (χ2n) is 8.37. The zero-order chi connectivity index (χ0) is 21.8. The van der Waals surface area contributed by atoms with E-state index in [1.807, 2.05) is 17.0 Å². The number of aromatic nitrogens is 1. The number of carbonyl (C=O) groups is 2. The Kier molecular flexibility index (Phi) is 6.77. The molecule has 2 heterocycles. The predicted octanol–water partition coefficient (Wildman–Crippen LogP) is 2.21. The molecule has 1 aromatic heterocycles. The summed E-state index contributed by atoms with van der Waals surface area (Å²) in [6, 6.07) is 8.62. The molecule has 4 rings (SSSR count). The first kappa shape index (κ1) is 21.6. The van der Waals surface area contributed by atoms with Crippen LogP contribution in [-0.4, -0.2) is 78.9 Å². The summed E-state index contributed by atoms with van der Waals surface area (Å²) in [5.74, 6) is 0.0891. The molecule has 1 saturated heterocycles.